The van der Waals surface area contributed by atoms with Gasteiger partial charge in [-0.25, -0.2) is 0 Å². The van der Waals surface area contributed by atoms with Gasteiger partial charge < -0.3 is 9.88 Å². The summed E-state index contributed by atoms with van der Waals surface area (Å²) in [4.78, 5) is 14.6. The van der Waals surface area contributed by atoms with Gasteiger partial charge in [0.25, 0.3) is 0 Å². The molecule has 2 aromatic rings. The lowest BCUT2D eigenvalue weighted by Gasteiger charge is -2.40. The van der Waals surface area contributed by atoms with Gasteiger partial charge in [-0.05, 0) is 25.6 Å². The first-order valence-corrected chi connectivity index (χ1v) is 7.97. The van der Waals surface area contributed by atoms with Crippen LogP contribution < -0.4 is 5.32 Å². The highest BCUT2D eigenvalue weighted by molar-refractivity contribution is 5.96. The summed E-state index contributed by atoms with van der Waals surface area (Å²) in [5, 5.41) is 4.23. The fraction of sp³-hybridized carbons (Fsp3) is 0.389. The number of benzene rings is 1. The molecule has 22 heavy (non-hydrogen) atoms. The zero-order chi connectivity index (χ0) is 15.3. The molecular weight excluding hydrogens is 274 g/mol. The van der Waals surface area contributed by atoms with Crippen molar-refractivity contribution in [1.82, 2.24) is 14.8 Å². The molecular formula is C18H21N3O. The largest absolute Gasteiger partial charge is 0.356 e. The summed E-state index contributed by atoms with van der Waals surface area (Å²) >= 11 is 0. The molecule has 0 saturated carbocycles. The number of para-hydroxylation sites is 1. The van der Waals surface area contributed by atoms with Crippen LogP contribution >= 0.6 is 0 Å². The molecule has 0 radical (unpaired) electrons. The highest BCUT2D eigenvalue weighted by Crippen LogP contribution is 2.38. The Balaban J connectivity index is 1.84. The van der Waals surface area contributed by atoms with Gasteiger partial charge in [0.1, 0.15) is 0 Å². The molecule has 0 fully saturated rings. The molecule has 114 valence electrons. The predicted molar refractivity (Wildman–Crippen MR) is 88.5 cm³/mol. The maximum atomic E-state index is 12.3. The smallest absolute Gasteiger partial charge is 0.228 e. The Labute approximate surface area is 130 Å². The normalized spacial score (nSPS) is 24.0. The molecule has 4 heteroatoms. The van der Waals surface area contributed by atoms with Gasteiger partial charge in [0.15, 0.2) is 0 Å². The van der Waals surface area contributed by atoms with Crippen molar-refractivity contribution in [3.63, 3.8) is 0 Å². The van der Waals surface area contributed by atoms with Crippen LogP contribution in [0.3, 0.4) is 0 Å². The van der Waals surface area contributed by atoms with Crippen LogP contribution in [0.5, 0.6) is 0 Å². The van der Waals surface area contributed by atoms with Crippen LogP contribution in [0.2, 0.25) is 0 Å². The third-order valence-electron chi connectivity index (χ3n) is 4.91. The second-order valence-corrected chi connectivity index (χ2v) is 6.29. The molecule has 3 heterocycles. The minimum absolute atomic E-state index is 0.0621. The lowest BCUT2D eigenvalue weighted by molar-refractivity contribution is -0.124. The lowest BCUT2D eigenvalue weighted by Crippen LogP contribution is -2.47. The van der Waals surface area contributed by atoms with Crippen molar-refractivity contribution in [2.24, 2.45) is 5.92 Å². The fourth-order valence-electron chi connectivity index (χ4n) is 3.86. The number of amides is 1. The van der Waals surface area contributed by atoms with E-state index in [-0.39, 0.29) is 11.8 Å². The van der Waals surface area contributed by atoms with Crippen molar-refractivity contribution >= 4 is 22.4 Å². The van der Waals surface area contributed by atoms with Gasteiger partial charge in [-0.2, -0.15) is 0 Å². The molecule has 0 bridgehead atoms. The van der Waals surface area contributed by atoms with Crippen molar-refractivity contribution < 1.29 is 4.79 Å². The van der Waals surface area contributed by atoms with Crippen LogP contribution in [-0.4, -0.2) is 41.6 Å². The first kappa shape index (κ1) is 13.6. The van der Waals surface area contributed by atoms with E-state index in [1.807, 2.05) is 6.92 Å². The van der Waals surface area contributed by atoms with Crippen LogP contribution in [-0.2, 0) is 11.3 Å². The number of likely N-dealkylation sites (N-methyl/N-ethyl adjacent to an activating group) is 1. The van der Waals surface area contributed by atoms with Crippen molar-refractivity contribution in [3.8, 4) is 0 Å². The molecule has 4 nitrogen and oxygen atoms in total. The van der Waals surface area contributed by atoms with E-state index in [2.05, 4.69) is 58.4 Å². The number of nitrogens with one attached hydrogen (secondary N) is 1. The summed E-state index contributed by atoms with van der Waals surface area (Å²) in [5.74, 6) is 0.0707. The van der Waals surface area contributed by atoms with Gasteiger partial charge in [0.05, 0.1) is 17.5 Å². The van der Waals surface area contributed by atoms with Crippen LogP contribution in [0.25, 0.3) is 16.5 Å². The second kappa shape index (κ2) is 4.99. The Bertz CT molecular complexity index is 774. The molecule has 1 aromatic heterocycles. The van der Waals surface area contributed by atoms with Crippen molar-refractivity contribution in [2.45, 2.75) is 19.5 Å². The summed E-state index contributed by atoms with van der Waals surface area (Å²) in [5.41, 5.74) is 3.89. The maximum absolute atomic E-state index is 12.3. The van der Waals surface area contributed by atoms with Crippen LogP contribution in [0.1, 0.15) is 12.5 Å². The Morgan fingerprint density at radius 3 is 3.00 bits per heavy atom. The molecule has 4 rings (SSSR count). The average molecular weight is 295 g/mol. The molecule has 2 atom stereocenters. The molecule has 0 spiro atoms. The van der Waals surface area contributed by atoms with Crippen molar-refractivity contribution in [1.29, 1.82) is 0 Å². The number of rotatable bonds is 2. The summed E-state index contributed by atoms with van der Waals surface area (Å²) in [6, 6.07) is 8.99. The topological polar surface area (TPSA) is 37.3 Å². The van der Waals surface area contributed by atoms with E-state index in [0.29, 0.717) is 12.6 Å². The van der Waals surface area contributed by atoms with Crippen molar-refractivity contribution in [3.05, 3.63) is 42.1 Å². The molecule has 0 aliphatic carbocycles. The van der Waals surface area contributed by atoms with Gasteiger partial charge in [0.2, 0.25) is 5.91 Å². The number of aromatic nitrogens is 1. The first-order valence-electron chi connectivity index (χ1n) is 7.97. The fourth-order valence-corrected chi connectivity index (χ4v) is 3.86. The predicted octanol–water partition coefficient (Wildman–Crippen LogP) is 2.10. The zero-order valence-corrected chi connectivity index (χ0v) is 13.0. The zero-order valence-electron chi connectivity index (χ0n) is 13.0. The Kier molecular flexibility index (Phi) is 3.08. The maximum Gasteiger partial charge on any atom is 0.228 e. The number of fused-ring (bicyclic) bond motifs is 2. The Hall–Kier alpha value is -2.07. The monoisotopic (exact) mass is 295 g/mol. The third kappa shape index (κ3) is 1.91. The molecule has 0 unspecified atom stereocenters. The molecule has 0 saturated heterocycles. The summed E-state index contributed by atoms with van der Waals surface area (Å²) < 4.78 is 2.34. The summed E-state index contributed by atoms with van der Waals surface area (Å²) in [6.07, 6.45) is 4.37. The summed E-state index contributed by atoms with van der Waals surface area (Å²) in [6.45, 7) is 4.40. The van der Waals surface area contributed by atoms with E-state index in [1.54, 1.807) is 0 Å². The van der Waals surface area contributed by atoms with E-state index in [4.69, 9.17) is 0 Å². The highest BCUT2D eigenvalue weighted by atomic mass is 16.1. The molecule has 2 aliphatic heterocycles. The Morgan fingerprint density at radius 1 is 1.32 bits per heavy atom. The SMILES string of the molecule is CCNC(=O)[C@@H]1C=C2c3cccc4ccn(c34)C[C@H]2N(C)C1. The van der Waals surface area contributed by atoms with Crippen LogP contribution in [0.15, 0.2) is 36.5 Å². The van der Waals surface area contributed by atoms with Gasteiger partial charge in [-0.1, -0.05) is 24.3 Å². The number of hydrogen-bond donors (Lipinski definition) is 1. The van der Waals surface area contributed by atoms with Gasteiger partial charge >= 0.3 is 0 Å². The van der Waals surface area contributed by atoms with E-state index in [9.17, 15) is 4.79 Å². The number of hydrogen-bond acceptors (Lipinski definition) is 2. The number of carbonyl (C=O) groups is 1. The minimum atomic E-state index is -0.0621. The molecule has 1 aromatic carbocycles. The molecule has 2 aliphatic rings. The van der Waals surface area contributed by atoms with Gasteiger partial charge in [0, 0.05) is 36.8 Å². The minimum Gasteiger partial charge on any atom is -0.356 e. The quantitative estimate of drug-likeness (QED) is 0.921. The first-order chi connectivity index (χ1) is 10.7. The average Bonchev–Trinajstić information content (AvgIpc) is 2.93. The van der Waals surface area contributed by atoms with E-state index in [1.165, 1.54) is 22.0 Å². The number of nitrogens with zero attached hydrogens (tertiary/aromatic N) is 2. The van der Waals surface area contributed by atoms with Gasteiger partial charge in [-0.15, -0.1) is 0 Å². The van der Waals surface area contributed by atoms with E-state index < -0.39 is 0 Å². The molecule has 1 amide bonds. The highest BCUT2D eigenvalue weighted by Gasteiger charge is 2.34. The van der Waals surface area contributed by atoms with Crippen molar-refractivity contribution in [2.75, 3.05) is 20.1 Å². The Morgan fingerprint density at radius 2 is 2.18 bits per heavy atom. The van der Waals surface area contributed by atoms with Crippen LogP contribution in [0, 0.1) is 5.92 Å². The standard InChI is InChI=1S/C18H21N3O/c1-3-19-18(22)13-9-15-14-6-4-5-12-7-8-21(17(12)14)11-16(15)20(2)10-13/h4-9,13,16H,3,10-11H2,1-2H3,(H,19,22)/t13-,16-/m1/s1. The van der Waals surface area contributed by atoms with E-state index in [0.717, 1.165) is 13.1 Å². The lowest BCUT2D eigenvalue weighted by atomic mass is 9.85. The second-order valence-electron chi connectivity index (χ2n) is 6.29. The van der Waals surface area contributed by atoms with Crippen LogP contribution in [0.4, 0.5) is 0 Å². The molecule has 1 N–H and O–H groups in total. The van der Waals surface area contributed by atoms with E-state index >= 15 is 0 Å². The number of carbonyl (C=O) groups excluding carboxylic acids is 1. The summed E-state index contributed by atoms with van der Waals surface area (Å²) in [7, 11) is 2.12. The third-order valence-corrected chi connectivity index (χ3v) is 4.91. The van der Waals surface area contributed by atoms with Gasteiger partial charge in [-0.3, -0.25) is 9.69 Å².